The van der Waals surface area contributed by atoms with Crippen LogP contribution in [0, 0.1) is 5.82 Å². The van der Waals surface area contributed by atoms with Crippen molar-refractivity contribution >= 4 is 10.0 Å². The largest absolute Gasteiger partial charge is 0.370 e. The molecule has 2 aliphatic rings. The second-order valence-electron chi connectivity index (χ2n) is 4.82. The first-order valence-electron chi connectivity index (χ1n) is 6.17. The van der Waals surface area contributed by atoms with Gasteiger partial charge in [0.25, 0.3) is 0 Å². The molecule has 0 spiro atoms. The lowest BCUT2D eigenvalue weighted by Gasteiger charge is -2.41. The van der Waals surface area contributed by atoms with E-state index in [1.807, 2.05) is 0 Å². The van der Waals surface area contributed by atoms with E-state index in [0.29, 0.717) is 26.2 Å². The monoisotopic (exact) mass is 286 g/mol. The zero-order valence-corrected chi connectivity index (χ0v) is 11.1. The maximum atomic E-state index is 13.2. The van der Waals surface area contributed by atoms with Gasteiger partial charge in [-0.3, -0.25) is 0 Å². The molecule has 3 rings (SSSR count). The van der Waals surface area contributed by atoms with E-state index in [2.05, 4.69) is 5.32 Å². The summed E-state index contributed by atoms with van der Waals surface area (Å²) in [4.78, 5) is 0.000401. The minimum absolute atomic E-state index is 0.000401. The fourth-order valence-corrected chi connectivity index (χ4v) is 4.03. The van der Waals surface area contributed by atoms with Crippen molar-refractivity contribution in [2.75, 3.05) is 26.2 Å². The van der Waals surface area contributed by atoms with Crippen molar-refractivity contribution in [1.29, 1.82) is 0 Å². The van der Waals surface area contributed by atoms with E-state index in [4.69, 9.17) is 4.74 Å². The first kappa shape index (κ1) is 13.0. The zero-order chi connectivity index (χ0) is 13.5. The summed E-state index contributed by atoms with van der Waals surface area (Å²) >= 11 is 0. The molecule has 2 fully saturated rings. The van der Waals surface area contributed by atoms with E-state index >= 15 is 0 Å². The van der Waals surface area contributed by atoms with Gasteiger partial charge >= 0.3 is 0 Å². The highest BCUT2D eigenvalue weighted by molar-refractivity contribution is 7.89. The van der Waals surface area contributed by atoms with E-state index < -0.39 is 15.8 Å². The summed E-state index contributed by atoms with van der Waals surface area (Å²) in [5.74, 6) is -0.545. The number of nitrogens with zero attached hydrogens (tertiary/aromatic N) is 1. The summed E-state index contributed by atoms with van der Waals surface area (Å²) in [5, 5.41) is 3.20. The Labute approximate surface area is 111 Å². The van der Waals surface area contributed by atoms with Crippen LogP contribution in [0.1, 0.15) is 0 Å². The van der Waals surface area contributed by atoms with Gasteiger partial charge in [-0.2, -0.15) is 4.31 Å². The molecule has 2 saturated heterocycles. The lowest BCUT2D eigenvalue weighted by Crippen LogP contribution is -2.59. The molecule has 1 N–H and O–H groups in total. The maximum absolute atomic E-state index is 13.2. The second-order valence-corrected chi connectivity index (χ2v) is 6.76. The van der Waals surface area contributed by atoms with Gasteiger partial charge in [0.05, 0.1) is 17.1 Å². The van der Waals surface area contributed by atoms with Crippen molar-refractivity contribution in [3.8, 4) is 0 Å². The summed E-state index contributed by atoms with van der Waals surface area (Å²) in [7, 11) is -3.64. The quantitative estimate of drug-likeness (QED) is 0.843. The van der Waals surface area contributed by atoms with Crippen LogP contribution in [-0.2, 0) is 14.8 Å². The third-order valence-corrected chi connectivity index (χ3v) is 5.20. The van der Waals surface area contributed by atoms with Gasteiger partial charge in [-0.05, 0) is 18.2 Å². The average molecular weight is 286 g/mol. The molecular formula is C12H15FN2O3S. The van der Waals surface area contributed by atoms with E-state index in [1.165, 1.54) is 22.5 Å². The number of rotatable bonds is 2. The highest BCUT2D eigenvalue weighted by Crippen LogP contribution is 2.22. The van der Waals surface area contributed by atoms with Crippen LogP contribution < -0.4 is 5.32 Å². The van der Waals surface area contributed by atoms with Crippen LogP contribution in [-0.4, -0.2) is 51.1 Å². The molecule has 0 amide bonds. The number of hydrogen-bond acceptors (Lipinski definition) is 4. The summed E-state index contributed by atoms with van der Waals surface area (Å²) < 4.78 is 45.1. The molecule has 0 aliphatic carbocycles. The second kappa shape index (κ2) is 4.82. The van der Waals surface area contributed by atoms with E-state index in [-0.39, 0.29) is 17.1 Å². The topological polar surface area (TPSA) is 58.6 Å². The molecule has 2 heterocycles. The molecule has 0 saturated carbocycles. The van der Waals surface area contributed by atoms with Crippen LogP contribution in [0.3, 0.4) is 0 Å². The van der Waals surface area contributed by atoms with Crippen LogP contribution in [0.5, 0.6) is 0 Å². The first-order chi connectivity index (χ1) is 9.05. The Morgan fingerprint density at radius 3 is 2.58 bits per heavy atom. The summed E-state index contributed by atoms with van der Waals surface area (Å²) in [6.07, 6.45) is -0.258. The number of morpholine rings is 2. The predicted octanol–water partition coefficient (Wildman–Crippen LogP) is 0.187. The number of nitrogens with one attached hydrogen (secondary N) is 1. The summed E-state index contributed by atoms with van der Waals surface area (Å²) in [5.41, 5.74) is 0. The highest BCUT2D eigenvalue weighted by Gasteiger charge is 2.37. The van der Waals surface area contributed by atoms with Crippen LogP contribution >= 0.6 is 0 Å². The fraction of sp³-hybridized carbons (Fsp3) is 0.500. The molecule has 104 valence electrons. The Hall–Kier alpha value is -1.02. The van der Waals surface area contributed by atoms with Crippen molar-refractivity contribution in [3.05, 3.63) is 30.1 Å². The first-order valence-corrected chi connectivity index (χ1v) is 7.61. The molecule has 2 aliphatic heterocycles. The van der Waals surface area contributed by atoms with Crippen molar-refractivity contribution < 1.29 is 17.5 Å². The van der Waals surface area contributed by atoms with Gasteiger partial charge in [-0.1, -0.05) is 6.07 Å². The van der Waals surface area contributed by atoms with Crippen LogP contribution in [0.15, 0.2) is 29.2 Å². The molecule has 1 aromatic rings. The minimum Gasteiger partial charge on any atom is -0.370 e. The van der Waals surface area contributed by atoms with Crippen LogP contribution in [0.25, 0.3) is 0 Å². The Morgan fingerprint density at radius 2 is 1.95 bits per heavy atom. The SMILES string of the molecule is O=S(=O)(c1cccc(F)c1)N1C[C@H]2CNC[C@@H](C1)O2. The van der Waals surface area contributed by atoms with Gasteiger partial charge in [-0.15, -0.1) is 0 Å². The molecule has 0 unspecified atom stereocenters. The van der Waals surface area contributed by atoms with Gasteiger partial charge in [0.2, 0.25) is 10.0 Å². The number of ether oxygens (including phenoxy) is 1. The highest BCUT2D eigenvalue weighted by atomic mass is 32.2. The smallest absolute Gasteiger partial charge is 0.243 e. The van der Waals surface area contributed by atoms with Gasteiger partial charge in [0, 0.05) is 26.2 Å². The predicted molar refractivity (Wildman–Crippen MR) is 66.7 cm³/mol. The van der Waals surface area contributed by atoms with Gasteiger partial charge in [0.1, 0.15) is 5.82 Å². The Kier molecular flexibility index (Phi) is 3.30. The van der Waals surface area contributed by atoms with Crippen molar-refractivity contribution in [2.45, 2.75) is 17.1 Å². The molecule has 0 radical (unpaired) electrons. The zero-order valence-electron chi connectivity index (χ0n) is 10.3. The average Bonchev–Trinajstić information content (AvgIpc) is 2.38. The molecule has 2 bridgehead atoms. The third-order valence-electron chi connectivity index (χ3n) is 3.38. The molecule has 5 nitrogen and oxygen atoms in total. The van der Waals surface area contributed by atoms with Crippen molar-refractivity contribution in [3.63, 3.8) is 0 Å². The Morgan fingerprint density at radius 1 is 1.26 bits per heavy atom. The molecular weight excluding hydrogens is 271 g/mol. The maximum Gasteiger partial charge on any atom is 0.243 e. The fourth-order valence-electron chi connectivity index (χ4n) is 2.49. The van der Waals surface area contributed by atoms with E-state index in [9.17, 15) is 12.8 Å². The van der Waals surface area contributed by atoms with E-state index in [0.717, 1.165) is 6.07 Å². The van der Waals surface area contributed by atoms with Gasteiger partial charge in [-0.25, -0.2) is 12.8 Å². The molecule has 0 aromatic heterocycles. The van der Waals surface area contributed by atoms with Crippen molar-refractivity contribution in [1.82, 2.24) is 9.62 Å². The number of hydrogen-bond donors (Lipinski definition) is 1. The summed E-state index contributed by atoms with van der Waals surface area (Å²) in [6, 6.07) is 5.11. The Balaban J connectivity index is 1.88. The number of benzene rings is 1. The van der Waals surface area contributed by atoms with Crippen LogP contribution in [0.2, 0.25) is 0 Å². The molecule has 2 atom stereocenters. The lowest BCUT2D eigenvalue weighted by molar-refractivity contribution is -0.0824. The van der Waals surface area contributed by atoms with E-state index in [1.54, 1.807) is 0 Å². The molecule has 1 aromatic carbocycles. The van der Waals surface area contributed by atoms with Gasteiger partial charge < -0.3 is 10.1 Å². The molecule has 19 heavy (non-hydrogen) atoms. The lowest BCUT2D eigenvalue weighted by atomic mass is 10.2. The number of sulfonamides is 1. The summed E-state index contributed by atoms with van der Waals surface area (Å²) in [6.45, 7) is 1.90. The number of halogens is 1. The Bertz CT molecular complexity index is 566. The standard InChI is InChI=1S/C12H15FN2O3S/c13-9-2-1-3-12(4-9)19(16,17)15-7-10-5-14-6-11(8-15)18-10/h1-4,10-11,14H,5-8H2/t10-,11+. The van der Waals surface area contributed by atoms with Gasteiger partial charge in [0.15, 0.2) is 0 Å². The third kappa shape index (κ3) is 2.51. The minimum atomic E-state index is -3.64. The normalized spacial score (nSPS) is 28.3. The number of fused-ring (bicyclic) bond motifs is 2. The van der Waals surface area contributed by atoms with Crippen LogP contribution in [0.4, 0.5) is 4.39 Å². The molecule has 7 heteroatoms. The van der Waals surface area contributed by atoms with Crippen molar-refractivity contribution in [2.24, 2.45) is 0 Å².